The summed E-state index contributed by atoms with van der Waals surface area (Å²) in [7, 11) is 0. The third-order valence-corrected chi connectivity index (χ3v) is 16.9. The topological polar surface area (TPSA) is 3.24 Å². The monoisotopic (exact) mass is 963 g/mol. The summed E-state index contributed by atoms with van der Waals surface area (Å²) >= 11 is 3.76. The van der Waals surface area contributed by atoms with Crippen molar-refractivity contribution in [2.75, 3.05) is 4.90 Å². The van der Waals surface area contributed by atoms with Gasteiger partial charge in [-0.15, -0.1) is 22.7 Å². The number of thiophene rings is 2. The average molecular weight is 964 g/mol. The molecule has 0 aliphatic heterocycles. The molecular weight excluding hydrogens is 919 g/mol. The highest BCUT2D eigenvalue weighted by Gasteiger charge is 2.20. The number of fused-ring (bicyclic) bond motifs is 7. The number of benzene rings is 12. The number of hydrogen-bond donors (Lipinski definition) is 0. The van der Waals surface area contributed by atoms with Crippen LogP contribution in [0.1, 0.15) is 0 Å². The molecule has 14 aromatic rings. The van der Waals surface area contributed by atoms with Crippen LogP contribution in [-0.2, 0) is 0 Å². The SMILES string of the molecule is c1ccc(-c2ccc(-c3cc(-c4ccccc4)cc(-c4ccc(N(c5ccc(-c6cccc7c6sc6ccccc67)cc5)c5ccc(-c6cccc7c6sc6ccccc67)cc5)c5ccccc45)c3)cc2)cc1. The second-order valence-electron chi connectivity index (χ2n) is 18.8. The van der Waals surface area contributed by atoms with E-state index in [1.807, 2.05) is 22.7 Å². The Morgan fingerprint density at radius 1 is 0.219 bits per heavy atom. The number of anilines is 3. The molecule has 0 fully saturated rings. The van der Waals surface area contributed by atoms with Crippen LogP contribution in [0.15, 0.2) is 273 Å². The zero-order chi connectivity index (χ0) is 48.2. The van der Waals surface area contributed by atoms with Crippen molar-refractivity contribution in [2.24, 2.45) is 0 Å². The van der Waals surface area contributed by atoms with Gasteiger partial charge in [0.25, 0.3) is 0 Å². The smallest absolute Gasteiger partial charge is 0.0540 e. The van der Waals surface area contributed by atoms with E-state index in [1.165, 1.54) is 118 Å². The molecule has 0 spiro atoms. The van der Waals surface area contributed by atoms with Crippen molar-refractivity contribution in [1.82, 2.24) is 0 Å². The van der Waals surface area contributed by atoms with Crippen molar-refractivity contribution in [3.05, 3.63) is 273 Å². The molecule has 0 N–H and O–H groups in total. The van der Waals surface area contributed by atoms with Gasteiger partial charge < -0.3 is 4.90 Å². The van der Waals surface area contributed by atoms with Crippen LogP contribution < -0.4 is 4.90 Å². The van der Waals surface area contributed by atoms with Gasteiger partial charge in [-0.2, -0.15) is 0 Å². The third-order valence-electron chi connectivity index (χ3n) is 14.5. The highest BCUT2D eigenvalue weighted by atomic mass is 32.1. The number of hydrogen-bond acceptors (Lipinski definition) is 3. The molecule has 0 amide bonds. The van der Waals surface area contributed by atoms with Gasteiger partial charge in [0.2, 0.25) is 0 Å². The van der Waals surface area contributed by atoms with Crippen molar-refractivity contribution < 1.29 is 0 Å². The highest BCUT2D eigenvalue weighted by Crippen LogP contribution is 2.47. The Hall–Kier alpha value is -8.86. The summed E-state index contributed by atoms with van der Waals surface area (Å²) in [6.45, 7) is 0. The Bertz CT molecular complexity index is 4180. The molecule has 73 heavy (non-hydrogen) atoms. The zero-order valence-corrected chi connectivity index (χ0v) is 41.4. The lowest BCUT2D eigenvalue weighted by Crippen LogP contribution is -2.10. The van der Waals surface area contributed by atoms with Crippen LogP contribution in [-0.4, -0.2) is 0 Å². The van der Waals surface area contributed by atoms with E-state index in [1.54, 1.807) is 0 Å². The van der Waals surface area contributed by atoms with Gasteiger partial charge in [0, 0.05) is 57.1 Å². The summed E-state index contributed by atoms with van der Waals surface area (Å²) in [5, 5.41) is 7.62. The van der Waals surface area contributed by atoms with E-state index in [2.05, 4.69) is 278 Å². The summed E-state index contributed by atoms with van der Waals surface area (Å²) in [5.41, 5.74) is 17.8. The van der Waals surface area contributed by atoms with Crippen LogP contribution in [0.4, 0.5) is 17.1 Å². The first-order chi connectivity index (χ1) is 36.2. The molecule has 0 saturated heterocycles. The van der Waals surface area contributed by atoms with Gasteiger partial charge >= 0.3 is 0 Å². The molecule has 342 valence electrons. The Balaban J connectivity index is 0.910. The molecule has 0 aliphatic carbocycles. The van der Waals surface area contributed by atoms with Crippen LogP contribution >= 0.6 is 22.7 Å². The molecule has 2 aromatic heterocycles. The molecule has 1 nitrogen and oxygen atoms in total. The summed E-state index contributed by atoms with van der Waals surface area (Å²) < 4.78 is 5.27. The van der Waals surface area contributed by atoms with Gasteiger partial charge in [0.1, 0.15) is 0 Å². The lowest BCUT2D eigenvalue weighted by molar-refractivity contribution is 1.30. The van der Waals surface area contributed by atoms with Crippen molar-refractivity contribution in [1.29, 1.82) is 0 Å². The highest BCUT2D eigenvalue weighted by molar-refractivity contribution is 7.26. The van der Waals surface area contributed by atoms with Crippen molar-refractivity contribution >= 4 is 90.9 Å². The predicted molar refractivity (Wildman–Crippen MR) is 317 cm³/mol. The summed E-state index contributed by atoms with van der Waals surface area (Å²) in [5.74, 6) is 0. The van der Waals surface area contributed by atoms with E-state index in [0.29, 0.717) is 0 Å². The second-order valence-corrected chi connectivity index (χ2v) is 20.9. The van der Waals surface area contributed by atoms with Gasteiger partial charge in [-0.05, 0) is 133 Å². The molecule has 0 unspecified atom stereocenters. The summed E-state index contributed by atoms with van der Waals surface area (Å²) in [4.78, 5) is 2.44. The molecule has 0 atom stereocenters. The molecule has 12 aromatic carbocycles. The lowest BCUT2D eigenvalue weighted by atomic mass is 9.90. The second kappa shape index (κ2) is 18.1. The van der Waals surface area contributed by atoms with E-state index in [9.17, 15) is 0 Å². The Morgan fingerprint density at radius 3 is 1.12 bits per heavy atom. The van der Waals surface area contributed by atoms with Gasteiger partial charge in [0.15, 0.2) is 0 Å². The zero-order valence-electron chi connectivity index (χ0n) is 39.7. The largest absolute Gasteiger partial charge is 0.310 e. The Kier molecular flexibility index (Phi) is 10.6. The quantitative estimate of drug-likeness (QED) is 0.139. The fourth-order valence-electron chi connectivity index (χ4n) is 10.9. The number of nitrogens with zero attached hydrogens (tertiary/aromatic N) is 1. The fourth-order valence-corrected chi connectivity index (χ4v) is 13.4. The predicted octanol–water partition coefficient (Wildman–Crippen LogP) is 21.0. The molecule has 14 rings (SSSR count). The molecule has 0 saturated carbocycles. The maximum atomic E-state index is 2.44. The van der Waals surface area contributed by atoms with E-state index >= 15 is 0 Å². The molecule has 2 heterocycles. The first-order valence-electron chi connectivity index (χ1n) is 24.9. The Labute approximate surface area is 432 Å². The van der Waals surface area contributed by atoms with Crippen molar-refractivity contribution in [2.45, 2.75) is 0 Å². The maximum Gasteiger partial charge on any atom is 0.0540 e. The fraction of sp³-hybridized carbons (Fsp3) is 0. The lowest BCUT2D eigenvalue weighted by Gasteiger charge is -2.28. The van der Waals surface area contributed by atoms with Gasteiger partial charge in [-0.25, -0.2) is 0 Å². The van der Waals surface area contributed by atoms with E-state index in [0.717, 1.165) is 17.1 Å². The molecule has 3 heteroatoms. The minimum atomic E-state index is 1.09. The summed E-state index contributed by atoms with van der Waals surface area (Å²) in [6.07, 6.45) is 0. The van der Waals surface area contributed by atoms with Crippen LogP contribution in [0, 0.1) is 0 Å². The van der Waals surface area contributed by atoms with Crippen LogP contribution in [0.2, 0.25) is 0 Å². The van der Waals surface area contributed by atoms with Crippen LogP contribution in [0.25, 0.3) is 118 Å². The normalized spacial score (nSPS) is 11.6. The molecular formula is C70H45NS2. The molecule has 0 radical (unpaired) electrons. The van der Waals surface area contributed by atoms with Gasteiger partial charge in [-0.3, -0.25) is 0 Å². The van der Waals surface area contributed by atoms with Crippen molar-refractivity contribution in [3.8, 4) is 66.8 Å². The van der Waals surface area contributed by atoms with E-state index < -0.39 is 0 Å². The van der Waals surface area contributed by atoms with Crippen molar-refractivity contribution in [3.63, 3.8) is 0 Å². The van der Waals surface area contributed by atoms with Gasteiger partial charge in [0.05, 0.1) is 5.69 Å². The summed E-state index contributed by atoms with van der Waals surface area (Å²) in [6, 6.07) is 100. The average Bonchev–Trinajstić information content (AvgIpc) is 4.05. The minimum absolute atomic E-state index is 1.09. The van der Waals surface area contributed by atoms with Crippen LogP contribution in [0.3, 0.4) is 0 Å². The Morgan fingerprint density at radius 2 is 0.603 bits per heavy atom. The van der Waals surface area contributed by atoms with E-state index in [-0.39, 0.29) is 0 Å². The van der Waals surface area contributed by atoms with E-state index in [4.69, 9.17) is 0 Å². The minimum Gasteiger partial charge on any atom is -0.310 e. The molecule has 0 bridgehead atoms. The first kappa shape index (κ1) is 43.0. The van der Waals surface area contributed by atoms with Crippen LogP contribution in [0.5, 0.6) is 0 Å². The standard InChI is InChI=1S/C70H45NS2/c1-3-15-46(16-4-1)48-29-31-49(32-30-48)53-43-52(47-17-5-2-6-18-47)44-54(45-53)57-41-42-66(61-20-8-7-19-60(57)61)71(55-37-33-50(34-38-55)58-23-13-25-64-62-21-9-11-27-67(62)72-69(58)64)56-39-35-51(36-40-56)59-24-14-26-65-63-22-10-12-28-68(63)73-70(59)65/h1-45H. The van der Waals surface area contributed by atoms with Gasteiger partial charge in [-0.1, -0.05) is 212 Å². The number of rotatable bonds is 9. The molecule has 0 aliphatic rings. The first-order valence-corrected chi connectivity index (χ1v) is 26.5. The third kappa shape index (κ3) is 7.69. The maximum absolute atomic E-state index is 2.44.